The summed E-state index contributed by atoms with van der Waals surface area (Å²) in [4.78, 5) is 8.10. The maximum Gasteiger partial charge on any atom is 0.242 e. The Morgan fingerprint density at radius 3 is 2.56 bits per heavy atom. The van der Waals surface area contributed by atoms with Crippen LogP contribution >= 0.6 is 0 Å². The van der Waals surface area contributed by atoms with Gasteiger partial charge in [-0.15, -0.1) is 0 Å². The van der Waals surface area contributed by atoms with E-state index in [1.165, 1.54) is 6.33 Å². The van der Waals surface area contributed by atoms with E-state index in [2.05, 4.69) is 15.3 Å². The highest BCUT2D eigenvalue weighted by molar-refractivity contribution is 5.66. The molecule has 0 aliphatic carbocycles. The van der Waals surface area contributed by atoms with Crippen molar-refractivity contribution in [1.82, 2.24) is 9.97 Å². The molecule has 0 radical (unpaired) electrons. The van der Waals surface area contributed by atoms with Gasteiger partial charge in [-0.25, -0.2) is 4.98 Å². The highest BCUT2D eigenvalue weighted by Crippen LogP contribution is 2.26. The molecule has 1 aromatic rings. The molecule has 0 saturated heterocycles. The van der Waals surface area contributed by atoms with E-state index in [9.17, 15) is 0 Å². The summed E-state index contributed by atoms with van der Waals surface area (Å²) in [5.41, 5.74) is 6.34. The molecule has 102 valence electrons. The molecule has 1 heterocycles. The summed E-state index contributed by atoms with van der Waals surface area (Å²) < 4.78 is 5.49. The molecule has 0 aliphatic heterocycles. The molecule has 0 fully saturated rings. The van der Waals surface area contributed by atoms with E-state index in [0.29, 0.717) is 17.4 Å². The Morgan fingerprint density at radius 2 is 2.00 bits per heavy atom. The van der Waals surface area contributed by atoms with Crippen LogP contribution in [-0.2, 0) is 0 Å². The Labute approximate surface area is 108 Å². The summed E-state index contributed by atoms with van der Waals surface area (Å²) in [6.07, 6.45) is 1.41. The summed E-state index contributed by atoms with van der Waals surface area (Å²) in [5, 5.41) is 12.3. The summed E-state index contributed by atoms with van der Waals surface area (Å²) in [6.45, 7) is 7.83. The number of aliphatic hydroxyl groups is 1. The molecule has 0 aliphatic rings. The Kier molecular flexibility index (Phi) is 5.15. The average molecular weight is 254 g/mol. The lowest BCUT2D eigenvalue weighted by Gasteiger charge is -2.21. The van der Waals surface area contributed by atoms with Crippen molar-refractivity contribution in [3.63, 3.8) is 0 Å². The molecule has 4 N–H and O–H groups in total. The molecule has 0 amide bonds. The van der Waals surface area contributed by atoms with Crippen molar-refractivity contribution in [1.29, 1.82) is 0 Å². The third-order valence-corrected chi connectivity index (χ3v) is 2.70. The highest BCUT2D eigenvalue weighted by atomic mass is 16.5. The van der Waals surface area contributed by atoms with E-state index in [1.54, 1.807) is 0 Å². The van der Waals surface area contributed by atoms with E-state index >= 15 is 0 Å². The number of nitrogen functional groups attached to an aromatic ring is 1. The van der Waals surface area contributed by atoms with Crippen LogP contribution in [0.3, 0.4) is 0 Å². The van der Waals surface area contributed by atoms with Gasteiger partial charge in [0.1, 0.15) is 12.0 Å². The first-order chi connectivity index (χ1) is 8.45. The van der Waals surface area contributed by atoms with Gasteiger partial charge in [-0.3, -0.25) is 0 Å². The molecule has 1 aromatic heterocycles. The van der Waals surface area contributed by atoms with Crippen LogP contribution in [0.15, 0.2) is 6.33 Å². The Morgan fingerprint density at radius 1 is 1.33 bits per heavy atom. The molecule has 0 bridgehead atoms. The van der Waals surface area contributed by atoms with Gasteiger partial charge in [-0.2, -0.15) is 4.98 Å². The Bertz CT molecular complexity index is 384. The molecule has 2 atom stereocenters. The smallest absolute Gasteiger partial charge is 0.242 e. The van der Waals surface area contributed by atoms with Crippen molar-refractivity contribution in [2.45, 2.75) is 39.8 Å². The van der Waals surface area contributed by atoms with Crippen LogP contribution in [0.4, 0.5) is 11.5 Å². The molecule has 0 aromatic carbocycles. The van der Waals surface area contributed by atoms with E-state index in [4.69, 9.17) is 15.6 Å². The number of aliphatic hydroxyl groups excluding tert-OH is 1. The van der Waals surface area contributed by atoms with Crippen LogP contribution in [0.1, 0.15) is 27.7 Å². The zero-order chi connectivity index (χ0) is 13.7. The first-order valence-corrected chi connectivity index (χ1v) is 6.10. The number of nitrogens with one attached hydrogen (secondary N) is 1. The number of nitrogens with zero attached hydrogens (tertiary/aromatic N) is 2. The topological polar surface area (TPSA) is 93.3 Å². The van der Waals surface area contributed by atoms with E-state index in [-0.39, 0.29) is 24.7 Å². The minimum Gasteiger partial charge on any atom is -0.473 e. The minimum absolute atomic E-state index is 0.00355. The second-order valence-corrected chi connectivity index (χ2v) is 4.70. The standard InChI is InChI=1S/C12H22N4O2/c1-7(2)18-12-10(13)11(14-6-15-12)16-9(4)8(3)5-17/h6-9,17H,5,13H2,1-4H3,(H,14,15,16). The fourth-order valence-electron chi connectivity index (χ4n) is 1.33. The van der Waals surface area contributed by atoms with Gasteiger partial charge in [0.25, 0.3) is 0 Å². The van der Waals surface area contributed by atoms with E-state index in [0.717, 1.165) is 0 Å². The van der Waals surface area contributed by atoms with Crippen LogP contribution in [0.25, 0.3) is 0 Å². The zero-order valence-electron chi connectivity index (χ0n) is 11.3. The van der Waals surface area contributed by atoms with Gasteiger partial charge >= 0.3 is 0 Å². The van der Waals surface area contributed by atoms with Gasteiger partial charge < -0.3 is 20.9 Å². The van der Waals surface area contributed by atoms with Crippen molar-refractivity contribution in [2.24, 2.45) is 5.92 Å². The fourth-order valence-corrected chi connectivity index (χ4v) is 1.33. The van der Waals surface area contributed by atoms with Crippen molar-refractivity contribution >= 4 is 11.5 Å². The molecule has 6 heteroatoms. The highest BCUT2D eigenvalue weighted by Gasteiger charge is 2.15. The Balaban J connectivity index is 2.83. The summed E-state index contributed by atoms with van der Waals surface area (Å²) in [5.74, 6) is 1.02. The summed E-state index contributed by atoms with van der Waals surface area (Å²) in [6, 6.07) is 0.0547. The third kappa shape index (κ3) is 3.73. The number of nitrogens with two attached hydrogens (primary N) is 1. The monoisotopic (exact) mass is 254 g/mol. The lowest BCUT2D eigenvalue weighted by molar-refractivity contribution is 0.226. The largest absolute Gasteiger partial charge is 0.473 e. The number of anilines is 2. The van der Waals surface area contributed by atoms with Crippen molar-refractivity contribution in [2.75, 3.05) is 17.7 Å². The van der Waals surface area contributed by atoms with Crippen LogP contribution in [0, 0.1) is 5.92 Å². The number of ether oxygens (including phenoxy) is 1. The van der Waals surface area contributed by atoms with Crippen molar-refractivity contribution in [3.8, 4) is 5.88 Å². The molecule has 0 spiro atoms. The van der Waals surface area contributed by atoms with Gasteiger partial charge in [0.05, 0.1) is 6.10 Å². The predicted molar refractivity (Wildman–Crippen MR) is 71.5 cm³/mol. The molecule has 6 nitrogen and oxygen atoms in total. The average Bonchev–Trinajstić information content (AvgIpc) is 2.32. The van der Waals surface area contributed by atoms with Crippen LogP contribution < -0.4 is 15.8 Å². The maximum absolute atomic E-state index is 9.10. The van der Waals surface area contributed by atoms with Gasteiger partial charge in [-0.1, -0.05) is 6.92 Å². The Hall–Kier alpha value is -1.56. The van der Waals surface area contributed by atoms with Gasteiger partial charge in [0, 0.05) is 12.6 Å². The molecular formula is C12H22N4O2. The number of hydrogen-bond donors (Lipinski definition) is 3. The summed E-state index contributed by atoms with van der Waals surface area (Å²) >= 11 is 0. The fraction of sp³-hybridized carbons (Fsp3) is 0.667. The SMILES string of the molecule is CC(C)Oc1ncnc(NC(C)C(C)CO)c1N. The number of hydrogen-bond acceptors (Lipinski definition) is 6. The zero-order valence-corrected chi connectivity index (χ0v) is 11.3. The summed E-state index contributed by atoms with van der Waals surface area (Å²) in [7, 11) is 0. The number of rotatable bonds is 6. The lowest BCUT2D eigenvalue weighted by atomic mass is 10.1. The van der Waals surface area contributed by atoms with Crippen LogP contribution in [0.2, 0.25) is 0 Å². The van der Waals surface area contributed by atoms with Gasteiger partial charge in [0.15, 0.2) is 5.82 Å². The first-order valence-electron chi connectivity index (χ1n) is 6.10. The quantitative estimate of drug-likeness (QED) is 0.708. The van der Waals surface area contributed by atoms with Crippen molar-refractivity contribution in [3.05, 3.63) is 6.33 Å². The first kappa shape index (κ1) is 14.5. The second kappa shape index (κ2) is 6.39. The van der Waals surface area contributed by atoms with Gasteiger partial charge in [0.2, 0.25) is 5.88 Å². The molecule has 18 heavy (non-hydrogen) atoms. The number of aromatic nitrogens is 2. The van der Waals surface area contributed by atoms with E-state index in [1.807, 2.05) is 27.7 Å². The van der Waals surface area contributed by atoms with E-state index < -0.39 is 0 Å². The third-order valence-electron chi connectivity index (χ3n) is 2.70. The minimum atomic E-state index is 0.00355. The molecular weight excluding hydrogens is 232 g/mol. The van der Waals surface area contributed by atoms with Crippen LogP contribution in [-0.4, -0.2) is 33.8 Å². The molecule has 2 unspecified atom stereocenters. The van der Waals surface area contributed by atoms with Crippen molar-refractivity contribution < 1.29 is 9.84 Å². The van der Waals surface area contributed by atoms with Gasteiger partial charge in [-0.05, 0) is 26.7 Å². The van der Waals surface area contributed by atoms with Crippen LogP contribution in [0.5, 0.6) is 5.88 Å². The normalized spacial score (nSPS) is 14.3. The predicted octanol–water partition coefficient (Wildman–Crippen LogP) is 1.27. The lowest BCUT2D eigenvalue weighted by Crippen LogP contribution is -2.27. The molecule has 0 saturated carbocycles. The second-order valence-electron chi connectivity index (χ2n) is 4.70. The maximum atomic E-state index is 9.10. The molecule has 1 rings (SSSR count).